The summed E-state index contributed by atoms with van der Waals surface area (Å²) in [6, 6.07) is 10.2. The highest BCUT2D eigenvalue weighted by atomic mass is 35.5. The molecule has 2 heterocycles. The molecule has 0 atom stereocenters. The van der Waals surface area contributed by atoms with Gasteiger partial charge in [0, 0.05) is 49.3 Å². The van der Waals surface area contributed by atoms with Crippen LogP contribution < -0.4 is 21.1 Å². The van der Waals surface area contributed by atoms with Gasteiger partial charge in [0.2, 0.25) is 5.91 Å². The van der Waals surface area contributed by atoms with E-state index in [0.717, 1.165) is 32.0 Å². The van der Waals surface area contributed by atoms with E-state index in [9.17, 15) is 18.4 Å². The molecule has 4 rings (SSSR count). The normalized spacial score (nSPS) is 12.8. The molecule has 13 heteroatoms. The second-order valence-electron chi connectivity index (χ2n) is 8.84. The van der Waals surface area contributed by atoms with Gasteiger partial charge in [-0.05, 0) is 42.7 Å². The Morgan fingerprint density at radius 2 is 1.73 bits per heavy atom. The van der Waals surface area contributed by atoms with Crippen LogP contribution in [-0.4, -0.2) is 47.5 Å². The molecular formula is C28H30Cl3F2N5O3. The molecule has 3 aromatic rings. The zero-order chi connectivity index (χ0) is 26.9. The van der Waals surface area contributed by atoms with E-state index < -0.39 is 23.6 Å². The molecule has 8 nitrogen and oxygen atoms in total. The Hall–Kier alpha value is -3.46. The number of aromatic nitrogens is 1. The summed E-state index contributed by atoms with van der Waals surface area (Å²) in [5.74, 6) is 4.69. The minimum atomic E-state index is -0.826. The Balaban J connectivity index is 0.00000280. The van der Waals surface area contributed by atoms with Crippen LogP contribution in [0.15, 0.2) is 60.9 Å². The number of nitrogens with two attached hydrogens (primary N) is 1. The van der Waals surface area contributed by atoms with Crippen molar-refractivity contribution in [2.75, 3.05) is 25.0 Å². The van der Waals surface area contributed by atoms with Crippen LogP contribution in [0.5, 0.6) is 11.5 Å². The Kier molecular flexibility index (Phi) is 15.1. The average Bonchev–Trinajstić information content (AvgIpc) is 2.89. The van der Waals surface area contributed by atoms with E-state index in [1.54, 1.807) is 12.3 Å². The van der Waals surface area contributed by atoms with Gasteiger partial charge in [0.15, 0.2) is 11.6 Å². The standard InChI is InChI=1S/C28H27F2N5O3.3ClH/c29-21-5-3-19(4-6-21)16-27(36)34-28(37)33-23-7-8-26(24(30)17-23)38-25-9-12-32-18-20(25)2-1-13-35-14-10-22(31)11-15-35;;;/h3-9,12,17-18,22H,10-11,13-16,31H2,(H2,33,34,36,37);3*1H. The number of nitrogens with zero attached hydrogens (tertiary/aromatic N) is 2. The number of urea groups is 1. The van der Waals surface area contributed by atoms with Crippen molar-refractivity contribution in [1.29, 1.82) is 0 Å². The number of imide groups is 1. The maximum absolute atomic E-state index is 14.8. The predicted octanol–water partition coefficient (Wildman–Crippen LogP) is 5.08. The second-order valence-corrected chi connectivity index (χ2v) is 8.84. The molecule has 0 spiro atoms. The summed E-state index contributed by atoms with van der Waals surface area (Å²) in [6.07, 6.45) is 4.85. The van der Waals surface area contributed by atoms with Crippen LogP contribution in [0.25, 0.3) is 0 Å². The lowest BCUT2D eigenvalue weighted by Gasteiger charge is -2.28. The Bertz CT molecular complexity index is 1360. The van der Waals surface area contributed by atoms with Crippen LogP contribution >= 0.6 is 37.2 Å². The van der Waals surface area contributed by atoms with Crippen LogP contribution in [0.3, 0.4) is 0 Å². The van der Waals surface area contributed by atoms with Gasteiger partial charge in [-0.3, -0.25) is 20.0 Å². The molecule has 1 fully saturated rings. The first-order valence-electron chi connectivity index (χ1n) is 12.1. The first-order valence-corrected chi connectivity index (χ1v) is 12.1. The molecule has 220 valence electrons. The lowest BCUT2D eigenvalue weighted by atomic mass is 10.1. The molecule has 2 aromatic carbocycles. The van der Waals surface area contributed by atoms with E-state index >= 15 is 0 Å². The molecule has 1 aliphatic rings. The number of likely N-dealkylation sites (tertiary alicyclic amines) is 1. The number of carbonyl (C=O) groups excluding carboxylic acids is 2. The number of carbonyl (C=O) groups is 2. The molecule has 0 saturated carbocycles. The van der Waals surface area contributed by atoms with Crippen LogP contribution in [0.2, 0.25) is 0 Å². The number of pyridine rings is 1. The third-order valence-electron chi connectivity index (χ3n) is 5.88. The van der Waals surface area contributed by atoms with Crippen LogP contribution in [0, 0.1) is 23.5 Å². The minimum absolute atomic E-state index is 0. The van der Waals surface area contributed by atoms with Crippen molar-refractivity contribution in [3.05, 3.63) is 83.7 Å². The molecule has 0 radical (unpaired) electrons. The molecular weight excluding hydrogens is 599 g/mol. The number of hydrogen-bond acceptors (Lipinski definition) is 6. The monoisotopic (exact) mass is 627 g/mol. The average molecular weight is 629 g/mol. The first kappa shape index (κ1) is 35.6. The molecule has 1 aromatic heterocycles. The maximum atomic E-state index is 14.8. The Morgan fingerprint density at radius 1 is 1.02 bits per heavy atom. The van der Waals surface area contributed by atoms with Gasteiger partial charge in [0.25, 0.3) is 0 Å². The zero-order valence-electron chi connectivity index (χ0n) is 21.8. The number of nitrogens with one attached hydrogen (secondary N) is 2. The molecule has 3 amide bonds. The van der Waals surface area contributed by atoms with Gasteiger partial charge in [-0.2, -0.15) is 0 Å². The number of ether oxygens (including phenoxy) is 1. The van der Waals surface area contributed by atoms with Crippen molar-refractivity contribution >= 4 is 54.8 Å². The van der Waals surface area contributed by atoms with E-state index in [1.165, 1.54) is 42.6 Å². The zero-order valence-corrected chi connectivity index (χ0v) is 24.2. The summed E-state index contributed by atoms with van der Waals surface area (Å²) in [7, 11) is 0. The summed E-state index contributed by atoms with van der Waals surface area (Å²) in [5.41, 5.74) is 7.12. The van der Waals surface area contributed by atoms with Gasteiger partial charge < -0.3 is 15.8 Å². The highest BCUT2D eigenvalue weighted by molar-refractivity contribution is 6.01. The molecule has 4 N–H and O–H groups in total. The number of halogens is 5. The van der Waals surface area contributed by atoms with Crippen molar-refractivity contribution in [2.45, 2.75) is 25.3 Å². The first-order chi connectivity index (χ1) is 18.4. The third-order valence-corrected chi connectivity index (χ3v) is 5.88. The van der Waals surface area contributed by atoms with Crippen molar-refractivity contribution in [1.82, 2.24) is 15.2 Å². The highest BCUT2D eigenvalue weighted by Gasteiger charge is 2.15. The van der Waals surface area contributed by atoms with Crippen molar-refractivity contribution in [3.8, 4) is 23.3 Å². The highest BCUT2D eigenvalue weighted by Crippen LogP contribution is 2.28. The number of rotatable bonds is 6. The van der Waals surface area contributed by atoms with E-state index in [2.05, 4.69) is 32.4 Å². The van der Waals surface area contributed by atoms with Crippen LogP contribution in [-0.2, 0) is 11.2 Å². The number of benzene rings is 2. The van der Waals surface area contributed by atoms with Crippen LogP contribution in [0.1, 0.15) is 24.0 Å². The summed E-state index contributed by atoms with van der Waals surface area (Å²) >= 11 is 0. The number of anilines is 1. The van der Waals surface area contributed by atoms with E-state index in [4.69, 9.17) is 10.5 Å². The molecule has 41 heavy (non-hydrogen) atoms. The van der Waals surface area contributed by atoms with Gasteiger partial charge in [0.05, 0.1) is 18.5 Å². The number of piperidine rings is 1. The fourth-order valence-electron chi connectivity index (χ4n) is 3.82. The SMILES string of the molecule is Cl.Cl.Cl.NC1CCN(CC#Cc2cnccc2Oc2ccc(NC(=O)NC(=O)Cc3ccc(F)cc3)cc2F)CC1. The van der Waals surface area contributed by atoms with Crippen LogP contribution in [0.4, 0.5) is 19.3 Å². The summed E-state index contributed by atoms with van der Waals surface area (Å²) in [6.45, 7) is 2.39. The topological polar surface area (TPSA) is 110 Å². The summed E-state index contributed by atoms with van der Waals surface area (Å²) in [4.78, 5) is 30.5. The third kappa shape index (κ3) is 11.1. The largest absolute Gasteiger partial charge is 0.453 e. The van der Waals surface area contributed by atoms with Gasteiger partial charge in [-0.1, -0.05) is 24.0 Å². The fourth-order valence-corrected chi connectivity index (χ4v) is 3.82. The van der Waals surface area contributed by atoms with Gasteiger partial charge in [-0.15, -0.1) is 37.2 Å². The van der Waals surface area contributed by atoms with E-state index in [1.807, 2.05) is 0 Å². The summed E-state index contributed by atoms with van der Waals surface area (Å²) in [5, 5.41) is 4.55. The second kappa shape index (κ2) is 17.4. The lowest BCUT2D eigenvalue weighted by Crippen LogP contribution is -2.39. The lowest BCUT2D eigenvalue weighted by molar-refractivity contribution is -0.119. The van der Waals surface area contributed by atoms with E-state index in [0.29, 0.717) is 23.4 Å². The quantitative estimate of drug-likeness (QED) is 0.329. The minimum Gasteiger partial charge on any atom is -0.453 e. The number of amides is 3. The van der Waals surface area contributed by atoms with E-state index in [-0.39, 0.29) is 61.1 Å². The molecule has 0 bridgehead atoms. The predicted molar refractivity (Wildman–Crippen MR) is 160 cm³/mol. The summed E-state index contributed by atoms with van der Waals surface area (Å²) < 4.78 is 33.5. The van der Waals surface area contributed by atoms with Gasteiger partial charge >= 0.3 is 6.03 Å². The maximum Gasteiger partial charge on any atom is 0.325 e. The molecule has 1 aliphatic heterocycles. The van der Waals surface area contributed by atoms with Gasteiger partial charge in [0.1, 0.15) is 11.6 Å². The van der Waals surface area contributed by atoms with Crippen molar-refractivity contribution in [2.24, 2.45) is 5.73 Å². The fraction of sp³-hybridized carbons (Fsp3) is 0.250. The molecule has 0 aliphatic carbocycles. The smallest absolute Gasteiger partial charge is 0.325 e. The number of hydrogen-bond donors (Lipinski definition) is 3. The molecule has 0 unspecified atom stereocenters. The Labute approximate surface area is 255 Å². The van der Waals surface area contributed by atoms with Crippen molar-refractivity contribution in [3.63, 3.8) is 0 Å². The molecule has 1 saturated heterocycles. The Morgan fingerprint density at radius 3 is 2.41 bits per heavy atom. The van der Waals surface area contributed by atoms with Crippen molar-refractivity contribution < 1.29 is 23.1 Å². The van der Waals surface area contributed by atoms with Gasteiger partial charge in [-0.25, -0.2) is 13.6 Å².